The van der Waals surface area contributed by atoms with Gasteiger partial charge in [0.25, 0.3) is 5.91 Å². The van der Waals surface area contributed by atoms with Gasteiger partial charge >= 0.3 is 0 Å². The maximum absolute atomic E-state index is 12.3. The fraction of sp³-hybridized carbons (Fsp3) is 0.412. The maximum Gasteiger partial charge on any atom is 0.251 e. The topological polar surface area (TPSA) is 72.9 Å². The number of hydrogen-bond acceptors (Lipinski definition) is 3. The van der Waals surface area contributed by atoms with Gasteiger partial charge in [-0.1, -0.05) is 26.0 Å². The van der Waals surface area contributed by atoms with Crippen LogP contribution in [-0.2, 0) is 33.0 Å². The van der Waals surface area contributed by atoms with E-state index in [4.69, 9.17) is 5.73 Å². The molecule has 3 N–H and O–H groups in total. The van der Waals surface area contributed by atoms with Gasteiger partial charge in [-0.25, -0.2) is 0 Å². The first-order valence-electron chi connectivity index (χ1n) is 7.71. The van der Waals surface area contributed by atoms with Crippen molar-refractivity contribution in [3.8, 4) is 0 Å². The van der Waals surface area contributed by atoms with Crippen LogP contribution in [0.15, 0.2) is 24.3 Å². The summed E-state index contributed by atoms with van der Waals surface area (Å²) in [5, 5.41) is 7.52. The van der Waals surface area contributed by atoms with E-state index in [1.165, 1.54) is 5.69 Å². The predicted molar refractivity (Wildman–Crippen MR) is 87.5 cm³/mol. The van der Waals surface area contributed by atoms with Gasteiger partial charge in [-0.2, -0.15) is 5.10 Å². The first-order chi connectivity index (χ1) is 10.6. The van der Waals surface area contributed by atoms with Crippen molar-refractivity contribution in [2.75, 3.05) is 0 Å². The summed E-state index contributed by atoms with van der Waals surface area (Å²) in [5.74, 6) is -0.0727. The van der Waals surface area contributed by atoms with E-state index in [0.29, 0.717) is 18.7 Å². The van der Waals surface area contributed by atoms with Crippen LogP contribution in [0.2, 0.25) is 0 Å². The molecule has 1 aromatic heterocycles. The zero-order chi connectivity index (χ0) is 16.1. The molecule has 22 heavy (non-hydrogen) atoms. The summed E-state index contributed by atoms with van der Waals surface area (Å²) in [6, 6.07) is 7.38. The Hall–Kier alpha value is -2.14. The SMILES string of the molecule is CCc1nn(C)c(CC)c1CNC(=O)c1ccc(CN)cc1. The van der Waals surface area contributed by atoms with Crippen molar-refractivity contribution in [3.63, 3.8) is 0 Å². The summed E-state index contributed by atoms with van der Waals surface area (Å²) in [6.45, 7) is 5.18. The molecule has 118 valence electrons. The highest BCUT2D eigenvalue weighted by molar-refractivity contribution is 5.94. The first kappa shape index (κ1) is 16.2. The lowest BCUT2D eigenvalue weighted by atomic mass is 10.1. The van der Waals surface area contributed by atoms with E-state index in [1.54, 1.807) is 0 Å². The van der Waals surface area contributed by atoms with E-state index in [1.807, 2.05) is 36.0 Å². The normalized spacial score (nSPS) is 10.7. The molecule has 2 rings (SSSR count). The molecule has 0 saturated heterocycles. The molecule has 2 aromatic rings. The molecule has 0 unspecified atom stereocenters. The van der Waals surface area contributed by atoms with Gasteiger partial charge in [0, 0.05) is 37.0 Å². The minimum Gasteiger partial charge on any atom is -0.348 e. The molecule has 0 saturated carbocycles. The Labute approximate surface area is 131 Å². The molecular formula is C17H24N4O. The van der Waals surface area contributed by atoms with Gasteiger partial charge in [0.2, 0.25) is 0 Å². The van der Waals surface area contributed by atoms with Crippen molar-refractivity contribution in [1.29, 1.82) is 0 Å². The zero-order valence-corrected chi connectivity index (χ0v) is 13.5. The van der Waals surface area contributed by atoms with Crippen LogP contribution < -0.4 is 11.1 Å². The summed E-state index contributed by atoms with van der Waals surface area (Å²) in [6.07, 6.45) is 1.77. The molecule has 1 heterocycles. The Morgan fingerprint density at radius 2 is 1.91 bits per heavy atom. The van der Waals surface area contributed by atoms with Gasteiger partial charge in [0.05, 0.1) is 5.69 Å². The number of aromatic nitrogens is 2. The second kappa shape index (κ2) is 7.22. The van der Waals surface area contributed by atoms with Crippen molar-refractivity contribution in [1.82, 2.24) is 15.1 Å². The second-order valence-corrected chi connectivity index (χ2v) is 5.29. The van der Waals surface area contributed by atoms with Crippen LogP contribution in [0.1, 0.15) is 46.7 Å². The Kier molecular flexibility index (Phi) is 5.33. The van der Waals surface area contributed by atoms with Crippen molar-refractivity contribution in [2.24, 2.45) is 12.8 Å². The average Bonchev–Trinajstić information content (AvgIpc) is 2.87. The standard InChI is InChI=1S/C17H24N4O/c1-4-15-14(16(5-2)21(3)20-15)11-19-17(22)13-8-6-12(10-18)7-9-13/h6-9H,4-5,10-11,18H2,1-3H3,(H,19,22). The highest BCUT2D eigenvalue weighted by atomic mass is 16.1. The van der Waals surface area contributed by atoms with Crippen LogP contribution in [0.4, 0.5) is 0 Å². The molecule has 0 radical (unpaired) electrons. The lowest BCUT2D eigenvalue weighted by Gasteiger charge is -2.08. The number of carbonyl (C=O) groups is 1. The fourth-order valence-electron chi connectivity index (χ4n) is 2.66. The van der Waals surface area contributed by atoms with Gasteiger partial charge in [-0.05, 0) is 30.5 Å². The van der Waals surface area contributed by atoms with Crippen molar-refractivity contribution >= 4 is 5.91 Å². The molecule has 0 atom stereocenters. The van der Waals surface area contributed by atoms with Crippen molar-refractivity contribution in [2.45, 2.75) is 39.8 Å². The molecule has 0 aliphatic carbocycles. The van der Waals surface area contributed by atoms with Crippen LogP contribution >= 0.6 is 0 Å². The van der Waals surface area contributed by atoms with Gasteiger partial charge in [-0.3, -0.25) is 9.48 Å². The van der Waals surface area contributed by atoms with E-state index in [9.17, 15) is 4.79 Å². The van der Waals surface area contributed by atoms with Crippen LogP contribution in [0.25, 0.3) is 0 Å². The molecule has 0 spiro atoms. The zero-order valence-electron chi connectivity index (χ0n) is 13.5. The summed E-state index contributed by atoms with van der Waals surface area (Å²) in [4.78, 5) is 12.3. The average molecular weight is 300 g/mol. The van der Waals surface area contributed by atoms with Gasteiger partial charge in [-0.15, -0.1) is 0 Å². The maximum atomic E-state index is 12.3. The summed E-state index contributed by atoms with van der Waals surface area (Å²) in [7, 11) is 1.95. The minimum atomic E-state index is -0.0727. The van der Waals surface area contributed by atoms with Crippen molar-refractivity contribution in [3.05, 3.63) is 52.3 Å². The summed E-state index contributed by atoms with van der Waals surface area (Å²) < 4.78 is 1.91. The number of amides is 1. The third kappa shape index (κ3) is 3.36. The third-order valence-corrected chi connectivity index (χ3v) is 3.91. The fourth-order valence-corrected chi connectivity index (χ4v) is 2.66. The van der Waals surface area contributed by atoms with E-state index in [2.05, 4.69) is 24.3 Å². The lowest BCUT2D eigenvalue weighted by Crippen LogP contribution is -2.23. The van der Waals surface area contributed by atoms with E-state index >= 15 is 0 Å². The molecule has 0 fully saturated rings. The Morgan fingerprint density at radius 3 is 2.45 bits per heavy atom. The predicted octanol–water partition coefficient (Wildman–Crippen LogP) is 1.93. The van der Waals surface area contributed by atoms with Crippen LogP contribution in [0, 0.1) is 0 Å². The smallest absolute Gasteiger partial charge is 0.251 e. The van der Waals surface area contributed by atoms with Gasteiger partial charge in [0.15, 0.2) is 0 Å². The molecule has 1 amide bonds. The molecule has 0 aliphatic heterocycles. The van der Waals surface area contributed by atoms with Crippen LogP contribution in [0.3, 0.4) is 0 Å². The van der Waals surface area contributed by atoms with Crippen molar-refractivity contribution < 1.29 is 4.79 Å². The van der Waals surface area contributed by atoms with E-state index < -0.39 is 0 Å². The number of rotatable bonds is 6. The lowest BCUT2D eigenvalue weighted by molar-refractivity contribution is 0.0950. The number of carbonyl (C=O) groups excluding carboxylic acids is 1. The highest BCUT2D eigenvalue weighted by Crippen LogP contribution is 2.15. The van der Waals surface area contributed by atoms with Crippen LogP contribution in [0.5, 0.6) is 0 Å². The molecule has 0 bridgehead atoms. The first-order valence-corrected chi connectivity index (χ1v) is 7.71. The number of nitrogens with zero attached hydrogens (tertiary/aromatic N) is 2. The van der Waals surface area contributed by atoms with Gasteiger partial charge in [0.1, 0.15) is 0 Å². The number of benzene rings is 1. The second-order valence-electron chi connectivity index (χ2n) is 5.29. The Morgan fingerprint density at radius 1 is 1.23 bits per heavy atom. The number of nitrogens with two attached hydrogens (primary N) is 1. The largest absolute Gasteiger partial charge is 0.348 e. The van der Waals surface area contributed by atoms with E-state index in [-0.39, 0.29) is 5.91 Å². The minimum absolute atomic E-state index is 0.0727. The third-order valence-electron chi connectivity index (χ3n) is 3.91. The molecule has 5 heteroatoms. The quantitative estimate of drug-likeness (QED) is 0.856. The summed E-state index contributed by atoms with van der Waals surface area (Å²) >= 11 is 0. The number of aryl methyl sites for hydroxylation is 2. The monoisotopic (exact) mass is 300 g/mol. The Balaban J connectivity index is 2.10. The molecular weight excluding hydrogens is 276 g/mol. The molecule has 1 aromatic carbocycles. The summed E-state index contributed by atoms with van der Waals surface area (Å²) in [5.41, 5.74) is 10.6. The van der Waals surface area contributed by atoms with Gasteiger partial charge < -0.3 is 11.1 Å². The molecule has 5 nitrogen and oxygen atoms in total. The number of hydrogen-bond donors (Lipinski definition) is 2. The van der Waals surface area contributed by atoms with Crippen LogP contribution in [-0.4, -0.2) is 15.7 Å². The van der Waals surface area contributed by atoms with E-state index in [0.717, 1.165) is 29.7 Å². The highest BCUT2D eigenvalue weighted by Gasteiger charge is 2.14. The molecule has 0 aliphatic rings. The Bertz CT molecular complexity index is 643. The number of nitrogens with one attached hydrogen (secondary N) is 1.